The predicted octanol–water partition coefficient (Wildman–Crippen LogP) is -0.227. The van der Waals surface area contributed by atoms with Crippen LogP contribution in [0.1, 0.15) is 33.6 Å². The molecular formula is C17H27O6-. The number of ether oxygens (including phenoxy) is 1. The SMILES string of the molecule is C/C(=C\C(=O)[O-])C[C@@H]1OC[C@H](C/C=C/[C@@H](C)[C@H](C)O)[C@@H](O)[C@H]1O. The molecular weight excluding hydrogens is 300 g/mol. The highest BCUT2D eigenvalue weighted by atomic mass is 16.5. The molecule has 0 unspecified atom stereocenters. The zero-order chi connectivity index (χ0) is 17.6. The van der Waals surface area contributed by atoms with Gasteiger partial charge in [0, 0.05) is 5.92 Å². The van der Waals surface area contributed by atoms with Crippen molar-refractivity contribution < 1.29 is 30.0 Å². The molecule has 0 aromatic rings. The topological polar surface area (TPSA) is 110 Å². The summed E-state index contributed by atoms with van der Waals surface area (Å²) in [5.41, 5.74) is 0.519. The lowest BCUT2D eigenvalue weighted by atomic mass is 9.87. The van der Waals surface area contributed by atoms with Gasteiger partial charge in [0.25, 0.3) is 0 Å². The van der Waals surface area contributed by atoms with E-state index in [1.165, 1.54) is 0 Å². The van der Waals surface area contributed by atoms with Gasteiger partial charge in [-0.3, -0.25) is 0 Å². The summed E-state index contributed by atoms with van der Waals surface area (Å²) in [5, 5.41) is 40.3. The van der Waals surface area contributed by atoms with Crippen molar-refractivity contribution in [2.24, 2.45) is 11.8 Å². The van der Waals surface area contributed by atoms with E-state index in [2.05, 4.69) is 0 Å². The number of hydrogen-bond donors (Lipinski definition) is 3. The van der Waals surface area contributed by atoms with Crippen molar-refractivity contribution in [3.05, 3.63) is 23.8 Å². The first-order valence-electron chi connectivity index (χ1n) is 7.93. The van der Waals surface area contributed by atoms with Gasteiger partial charge in [0.05, 0.1) is 30.9 Å². The van der Waals surface area contributed by atoms with E-state index in [4.69, 9.17) is 4.74 Å². The maximum Gasteiger partial charge on any atom is 0.107 e. The van der Waals surface area contributed by atoms with E-state index in [-0.39, 0.29) is 24.9 Å². The van der Waals surface area contributed by atoms with E-state index < -0.39 is 30.4 Å². The van der Waals surface area contributed by atoms with Gasteiger partial charge in [0.2, 0.25) is 0 Å². The summed E-state index contributed by atoms with van der Waals surface area (Å²) in [5.74, 6) is -1.50. The van der Waals surface area contributed by atoms with E-state index in [9.17, 15) is 25.2 Å². The molecule has 0 aromatic heterocycles. The van der Waals surface area contributed by atoms with Crippen molar-refractivity contribution in [3.8, 4) is 0 Å². The third-order valence-electron chi connectivity index (χ3n) is 4.26. The van der Waals surface area contributed by atoms with Crippen LogP contribution in [0.3, 0.4) is 0 Å². The van der Waals surface area contributed by atoms with Crippen LogP contribution in [0.4, 0.5) is 0 Å². The van der Waals surface area contributed by atoms with Crippen molar-refractivity contribution in [3.63, 3.8) is 0 Å². The molecule has 1 rings (SSSR count). The lowest BCUT2D eigenvalue weighted by Crippen LogP contribution is -2.50. The smallest absolute Gasteiger partial charge is 0.107 e. The lowest BCUT2D eigenvalue weighted by Gasteiger charge is -2.37. The summed E-state index contributed by atoms with van der Waals surface area (Å²) >= 11 is 0. The molecule has 0 saturated carbocycles. The molecule has 0 radical (unpaired) electrons. The van der Waals surface area contributed by atoms with Crippen LogP contribution in [0.15, 0.2) is 23.8 Å². The summed E-state index contributed by atoms with van der Waals surface area (Å²) in [7, 11) is 0. The number of carbonyl (C=O) groups excluding carboxylic acids is 1. The van der Waals surface area contributed by atoms with E-state index in [0.29, 0.717) is 12.0 Å². The molecule has 1 saturated heterocycles. The Hall–Kier alpha value is -1.21. The lowest BCUT2D eigenvalue weighted by molar-refractivity contribution is -0.297. The third-order valence-corrected chi connectivity index (χ3v) is 4.26. The number of carboxylic acid groups (broad SMARTS) is 1. The molecule has 1 heterocycles. The highest BCUT2D eigenvalue weighted by Crippen LogP contribution is 2.27. The first kappa shape index (κ1) is 19.8. The molecule has 1 fully saturated rings. The van der Waals surface area contributed by atoms with Crippen molar-refractivity contribution in [2.45, 2.75) is 58.0 Å². The Balaban J connectivity index is 2.55. The van der Waals surface area contributed by atoms with Gasteiger partial charge in [-0.2, -0.15) is 0 Å². The molecule has 6 atom stereocenters. The third kappa shape index (κ3) is 6.43. The molecule has 6 nitrogen and oxygen atoms in total. The van der Waals surface area contributed by atoms with Gasteiger partial charge in [-0.1, -0.05) is 24.6 Å². The van der Waals surface area contributed by atoms with Crippen molar-refractivity contribution in [2.75, 3.05) is 6.61 Å². The normalized spacial score (nSPS) is 32.0. The van der Waals surface area contributed by atoms with E-state index in [1.54, 1.807) is 13.8 Å². The molecule has 1 aliphatic heterocycles. The fraction of sp³-hybridized carbons (Fsp3) is 0.706. The quantitative estimate of drug-likeness (QED) is 0.440. The summed E-state index contributed by atoms with van der Waals surface area (Å²) in [6.45, 7) is 5.51. The van der Waals surface area contributed by atoms with Gasteiger partial charge >= 0.3 is 0 Å². The Morgan fingerprint density at radius 3 is 2.57 bits per heavy atom. The maximum absolute atomic E-state index is 10.5. The second-order valence-electron chi connectivity index (χ2n) is 6.39. The number of aliphatic hydroxyl groups is 3. The number of carbonyl (C=O) groups is 1. The Morgan fingerprint density at radius 1 is 1.35 bits per heavy atom. The predicted molar refractivity (Wildman–Crippen MR) is 83.2 cm³/mol. The van der Waals surface area contributed by atoms with Crippen LogP contribution in [-0.2, 0) is 9.53 Å². The minimum Gasteiger partial charge on any atom is -0.545 e. The van der Waals surface area contributed by atoms with Crippen LogP contribution in [-0.4, -0.2) is 52.3 Å². The second-order valence-corrected chi connectivity index (χ2v) is 6.39. The van der Waals surface area contributed by atoms with E-state index >= 15 is 0 Å². The fourth-order valence-electron chi connectivity index (χ4n) is 2.54. The maximum atomic E-state index is 10.5. The molecule has 0 aliphatic carbocycles. The first-order chi connectivity index (χ1) is 10.7. The summed E-state index contributed by atoms with van der Waals surface area (Å²) < 4.78 is 5.58. The molecule has 6 heteroatoms. The number of allylic oxidation sites excluding steroid dienone is 1. The number of carboxylic acids is 1. The summed E-state index contributed by atoms with van der Waals surface area (Å²) in [6, 6.07) is 0. The molecule has 0 aromatic carbocycles. The Kier molecular flexibility index (Phi) is 7.91. The average molecular weight is 327 g/mol. The van der Waals surface area contributed by atoms with Gasteiger partial charge in [-0.05, 0) is 38.7 Å². The Bertz CT molecular complexity index is 442. The number of aliphatic hydroxyl groups excluding tert-OH is 3. The molecule has 1 aliphatic rings. The Labute approximate surface area is 137 Å². The van der Waals surface area contributed by atoms with E-state index in [0.717, 1.165) is 6.08 Å². The number of rotatable bonds is 7. The second kappa shape index (κ2) is 9.17. The summed E-state index contributed by atoms with van der Waals surface area (Å²) in [4.78, 5) is 10.5. The molecule has 3 N–H and O–H groups in total. The minimum absolute atomic E-state index is 0.0201. The monoisotopic (exact) mass is 327 g/mol. The van der Waals surface area contributed by atoms with Crippen LogP contribution in [0.2, 0.25) is 0 Å². The van der Waals surface area contributed by atoms with Gasteiger partial charge < -0.3 is 30.0 Å². The fourth-order valence-corrected chi connectivity index (χ4v) is 2.54. The average Bonchev–Trinajstić information content (AvgIpc) is 2.45. The molecule has 132 valence electrons. The van der Waals surface area contributed by atoms with Crippen molar-refractivity contribution >= 4 is 5.97 Å². The molecule has 23 heavy (non-hydrogen) atoms. The molecule has 0 amide bonds. The highest BCUT2D eigenvalue weighted by Gasteiger charge is 2.37. The zero-order valence-corrected chi connectivity index (χ0v) is 13.9. The Morgan fingerprint density at radius 2 is 2.00 bits per heavy atom. The standard InChI is InChI=1S/C17H28O6/c1-10(8-15(19)20)7-14-17(22)16(21)13(9-23-14)6-4-5-11(2)12(3)18/h4-5,8,11-14,16-18,21-22H,6-7,9H2,1-3H3,(H,19,20)/p-1/b5-4+,10-8+/t11-,12+,13+,14+,16-,17+/m1/s1. The molecule has 0 bridgehead atoms. The van der Waals surface area contributed by atoms with E-state index in [1.807, 2.05) is 19.1 Å². The zero-order valence-electron chi connectivity index (χ0n) is 13.9. The van der Waals surface area contributed by atoms with Gasteiger partial charge in [-0.25, -0.2) is 0 Å². The van der Waals surface area contributed by atoms with Crippen LogP contribution in [0.25, 0.3) is 0 Å². The van der Waals surface area contributed by atoms with Crippen LogP contribution in [0, 0.1) is 11.8 Å². The first-order valence-corrected chi connectivity index (χ1v) is 7.93. The minimum atomic E-state index is -1.29. The highest BCUT2D eigenvalue weighted by molar-refractivity contribution is 5.78. The van der Waals surface area contributed by atoms with Crippen LogP contribution >= 0.6 is 0 Å². The van der Waals surface area contributed by atoms with Crippen molar-refractivity contribution in [1.29, 1.82) is 0 Å². The number of aliphatic carboxylic acids is 1. The van der Waals surface area contributed by atoms with Crippen LogP contribution < -0.4 is 5.11 Å². The van der Waals surface area contributed by atoms with Gasteiger partial charge in [0.1, 0.15) is 6.10 Å². The summed E-state index contributed by atoms with van der Waals surface area (Å²) in [6.07, 6.45) is 2.42. The molecule has 0 spiro atoms. The van der Waals surface area contributed by atoms with Gasteiger partial charge in [0.15, 0.2) is 0 Å². The largest absolute Gasteiger partial charge is 0.545 e. The van der Waals surface area contributed by atoms with Crippen LogP contribution in [0.5, 0.6) is 0 Å². The van der Waals surface area contributed by atoms with Gasteiger partial charge in [-0.15, -0.1) is 0 Å². The number of hydrogen-bond acceptors (Lipinski definition) is 6. The van der Waals surface area contributed by atoms with Crippen molar-refractivity contribution in [1.82, 2.24) is 0 Å².